The summed E-state index contributed by atoms with van der Waals surface area (Å²) in [5.74, 6) is -0.0207. The predicted octanol–water partition coefficient (Wildman–Crippen LogP) is 4.87. The number of nitrogens with one attached hydrogen (secondary N) is 1. The van der Waals surface area contributed by atoms with Crippen molar-refractivity contribution in [3.8, 4) is 0 Å². The number of halogens is 2. The van der Waals surface area contributed by atoms with Crippen LogP contribution in [0.15, 0.2) is 35.6 Å². The molecule has 2 aromatic rings. The molecule has 1 unspecified atom stereocenters. The smallest absolute Gasteiger partial charge is 0.274 e. The molecule has 1 aromatic carbocycles. The van der Waals surface area contributed by atoms with Gasteiger partial charge in [0.2, 0.25) is 0 Å². The highest BCUT2D eigenvalue weighted by molar-refractivity contribution is 6.33. The highest BCUT2D eigenvalue weighted by Crippen LogP contribution is 2.44. The number of rotatable bonds is 3. The number of hydrazone groups is 1. The van der Waals surface area contributed by atoms with Crippen LogP contribution in [0, 0.1) is 0 Å². The van der Waals surface area contributed by atoms with Crippen molar-refractivity contribution in [1.29, 1.82) is 0 Å². The maximum Gasteiger partial charge on any atom is 0.274 e. The molecule has 0 saturated heterocycles. The van der Waals surface area contributed by atoms with Gasteiger partial charge in [-0.15, -0.1) is 0 Å². The first-order chi connectivity index (χ1) is 12.7. The van der Waals surface area contributed by atoms with Gasteiger partial charge >= 0.3 is 0 Å². The molecule has 0 fully saturated rings. The van der Waals surface area contributed by atoms with Crippen molar-refractivity contribution in [2.45, 2.75) is 38.6 Å². The van der Waals surface area contributed by atoms with Crippen LogP contribution in [-0.4, -0.2) is 29.7 Å². The molecule has 0 bridgehead atoms. The summed E-state index contributed by atoms with van der Waals surface area (Å²) in [6.45, 7) is 6.68. The highest BCUT2D eigenvalue weighted by atomic mass is 35.5. The molecular weight excluding hydrogens is 383 g/mol. The van der Waals surface area contributed by atoms with Crippen LogP contribution in [0.4, 0.5) is 5.69 Å². The van der Waals surface area contributed by atoms with Gasteiger partial charge in [-0.25, -0.2) is 10.4 Å². The molecule has 0 spiro atoms. The number of fused-ring (bicyclic) bond motifs is 1. The molecule has 27 heavy (non-hydrogen) atoms. The van der Waals surface area contributed by atoms with Gasteiger partial charge in [-0.3, -0.25) is 4.79 Å². The molecular formula is C20H22Cl2N4O. The Kier molecular flexibility index (Phi) is 5.45. The molecule has 3 rings (SSSR count). The maximum absolute atomic E-state index is 12.2. The molecule has 1 aromatic heterocycles. The summed E-state index contributed by atoms with van der Waals surface area (Å²) in [4.78, 5) is 18.3. The van der Waals surface area contributed by atoms with E-state index in [1.807, 2.05) is 12.1 Å². The van der Waals surface area contributed by atoms with Crippen LogP contribution in [0.1, 0.15) is 54.6 Å². The first-order valence-electron chi connectivity index (χ1n) is 8.72. The first-order valence-corrected chi connectivity index (χ1v) is 9.47. The summed E-state index contributed by atoms with van der Waals surface area (Å²) >= 11 is 12.4. The van der Waals surface area contributed by atoms with Gasteiger partial charge in [-0.1, -0.05) is 30.1 Å². The lowest BCUT2D eigenvalue weighted by Crippen LogP contribution is -2.45. The number of amides is 1. The van der Waals surface area contributed by atoms with Crippen molar-refractivity contribution in [3.05, 3.63) is 57.3 Å². The molecule has 0 aliphatic carbocycles. The third-order valence-corrected chi connectivity index (χ3v) is 5.75. The fraction of sp³-hybridized carbons (Fsp3) is 0.350. The third kappa shape index (κ3) is 3.94. The normalized spacial score (nSPS) is 18.4. The molecule has 0 saturated carbocycles. The molecule has 7 heteroatoms. The zero-order valence-electron chi connectivity index (χ0n) is 15.8. The summed E-state index contributed by atoms with van der Waals surface area (Å²) in [6.07, 6.45) is 4.12. The fourth-order valence-electron chi connectivity index (χ4n) is 3.48. The molecule has 1 aliphatic heterocycles. The number of aromatic nitrogens is 1. The third-order valence-electron chi connectivity index (χ3n) is 5.13. The second-order valence-electron chi connectivity index (χ2n) is 7.45. The average molecular weight is 405 g/mol. The fourth-order valence-corrected chi connectivity index (χ4v) is 3.89. The monoisotopic (exact) mass is 404 g/mol. The van der Waals surface area contributed by atoms with E-state index in [0.29, 0.717) is 10.9 Å². The molecule has 1 aliphatic rings. The van der Waals surface area contributed by atoms with Crippen molar-refractivity contribution in [1.82, 2.24) is 10.4 Å². The Labute approximate surface area is 169 Å². The number of carbonyl (C=O) groups excluding carboxylic acids is 1. The van der Waals surface area contributed by atoms with Crippen LogP contribution in [0.2, 0.25) is 10.2 Å². The van der Waals surface area contributed by atoms with Gasteiger partial charge in [-0.05, 0) is 56.0 Å². The molecule has 1 atom stereocenters. The van der Waals surface area contributed by atoms with Crippen LogP contribution >= 0.6 is 23.2 Å². The molecule has 5 nitrogen and oxygen atoms in total. The topological polar surface area (TPSA) is 57.6 Å². The van der Waals surface area contributed by atoms with Crippen LogP contribution in [0.3, 0.4) is 0 Å². The van der Waals surface area contributed by atoms with Crippen LogP contribution in [-0.2, 0) is 0 Å². The Bertz CT molecular complexity index is 911. The number of pyridine rings is 1. The van der Waals surface area contributed by atoms with Crippen molar-refractivity contribution >= 4 is 41.0 Å². The zero-order valence-corrected chi connectivity index (χ0v) is 17.3. The minimum Gasteiger partial charge on any atom is -0.369 e. The highest BCUT2D eigenvalue weighted by Gasteiger charge is 2.34. The van der Waals surface area contributed by atoms with Gasteiger partial charge < -0.3 is 4.90 Å². The number of hydrogen-bond acceptors (Lipinski definition) is 4. The van der Waals surface area contributed by atoms with E-state index in [0.717, 1.165) is 17.7 Å². The Morgan fingerprint density at radius 2 is 2.15 bits per heavy atom. The molecule has 1 N–H and O–H groups in total. The zero-order chi connectivity index (χ0) is 19.8. The van der Waals surface area contributed by atoms with Gasteiger partial charge in [0.1, 0.15) is 5.15 Å². The van der Waals surface area contributed by atoms with E-state index >= 15 is 0 Å². The summed E-state index contributed by atoms with van der Waals surface area (Å²) in [7, 11) is 2.09. The predicted molar refractivity (Wildman–Crippen MR) is 111 cm³/mol. The number of anilines is 1. The molecule has 142 valence electrons. The van der Waals surface area contributed by atoms with Gasteiger partial charge in [0.05, 0.1) is 16.8 Å². The summed E-state index contributed by atoms with van der Waals surface area (Å²) in [5, 5.41) is 4.75. The van der Waals surface area contributed by atoms with Gasteiger partial charge in [0, 0.05) is 30.0 Å². The van der Waals surface area contributed by atoms with Crippen LogP contribution in [0.5, 0.6) is 0 Å². The minimum absolute atomic E-state index is 0.0717. The summed E-state index contributed by atoms with van der Waals surface area (Å²) < 4.78 is 0. The summed E-state index contributed by atoms with van der Waals surface area (Å²) in [6, 6.07) is 7.24. The largest absolute Gasteiger partial charge is 0.369 e. The van der Waals surface area contributed by atoms with Gasteiger partial charge in [0.25, 0.3) is 5.91 Å². The lowest BCUT2D eigenvalue weighted by Gasteiger charge is -2.45. The Balaban J connectivity index is 1.82. The Morgan fingerprint density at radius 1 is 1.41 bits per heavy atom. The second-order valence-corrected chi connectivity index (χ2v) is 8.22. The number of nitrogens with zero attached hydrogens (tertiary/aromatic N) is 3. The minimum atomic E-state index is -0.423. The molecule has 2 heterocycles. The number of benzene rings is 1. The van der Waals surface area contributed by atoms with Gasteiger partial charge in [-0.2, -0.15) is 5.10 Å². The summed E-state index contributed by atoms with van der Waals surface area (Å²) in [5.41, 5.74) is 5.92. The van der Waals surface area contributed by atoms with Crippen molar-refractivity contribution in [2.75, 3.05) is 11.9 Å². The van der Waals surface area contributed by atoms with Crippen molar-refractivity contribution < 1.29 is 4.79 Å². The molecule has 1 amide bonds. The molecule has 0 radical (unpaired) electrons. The SMILES string of the molecule is CC1CC(C)(C)N(C)c2cc(Cl)c(/C=N\NC(=O)c3cccnc3Cl)cc21. The van der Waals surface area contributed by atoms with E-state index in [2.05, 4.69) is 48.2 Å². The quantitative estimate of drug-likeness (QED) is 0.450. The van der Waals surface area contributed by atoms with E-state index in [-0.39, 0.29) is 16.3 Å². The van der Waals surface area contributed by atoms with Crippen molar-refractivity contribution in [3.63, 3.8) is 0 Å². The van der Waals surface area contributed by atoms with E-state index in [1.54, 1.807) is 18.3 Å². The van der Waals surface area contributed by atoms with E-state index < -0.39 is 5.91 Å². The van der Waals surface area contributed by atoms with E-state index in [4.69, 9.17) is 23.2 Å². The van der Waals surface area contributed by atoms with Crippen molar-refractivity contribution in [2.24, 2.45) is 5.10 Å². The average Bonchev–Trinajstić information content (AvgIpc) is 2.60. The first kappa shape index (κ1) is 19.6. The maximum atomic E-state index is 12.2. The lowest BCUT2D eigenvalue weighted by molar-refractivity contribution is 0.0955. The standard InChI is InChI=1S/C20H22Cl2N4O/c1-12-10-20(2,3)26(4)17-9-16(21)13(8-15(12)17)11-24-25-19(27)14-6-5-7-23-18(14)22/h5-9,11-12H,10H2,1-4H3,(H,25,27)/b24-11-. The Morgan fingerprint density at radius 3 is 2.85 bits per heavy atom. The van der Waals surface area contributed by atoms with Gasteiger partial charge in [0.15, 0.2) is 0 Å². The second kappa shape index (κ2) is 7.49. The lowest BCUT2D eigenvalue weighted by atomic mass is 9.80. The Hall–Kier alpha value is -2.11. The van der Waals surface area contributed by atoms with Crippen LogP contribution in [0.25, 0.3) is 0 Å². The van der Waals surface area contributed by atoms with Crippen LogP contribution < -0.4 is 10.3 Å². The number of hydrogen-bond donors (Lipinski definition) is 1. The van der Waals surface area contributed by atoms with E-state index in [1.165, 1.54) is 11.8 Å². The number of carbonyl (C=O) groups is 1. The van der Waals surface area contributed by atoms with E-state index in [9.17, 15) is 4.79 Å².